The molecule has 1 saturated heterocycles. The smallest absolute Gasteiger partial charge is 0.264 e. The van der Waals surface area contributed by atoms with Gasteiger partial charge in [0.15, 0.2) is 0 Å². The standard InChI is InChI=1S/C21H25N5O2S2/c1-4-15(16-6-5-11-29-16)24-19-17-13(2)18(30-20(17)23-12-22-19)21(28)26-9-7-25(8-10-26)14(3)27/h5-6,11-12,15H,4,7-10H2,1-3H3,(H,22,23,24)/t15-/m1/s1. The summed E-state index contributed by atoms with van der Waals surface area (Å²) in [5.41, 5.74) is 0.915. The van der Waals surface area contributed by atoms with Crippen molar-refractivity contribution in [1.29, 1.82) is 0 Å². The third kappa shape index (κ3) is 3.91. The fourth-order valence-electron chi connectivity index (χ4n) is 3.78. The van der Waals surface area contributed by atoms with Crippen LogP contribution >= 0.6 is 22.7 Å². The fraction of sp³-hybridized carbons (Fsp3) is 0.429. The molecule has 0 bridgehead atoms. The highest BCUT2D eigenvalue weighted by molar-refractivity contribution is 7.20. The van der Waals surface area contributed by atoms with Crippen LogP contribution in [0.5, 0.6) is 0 Å². The van der Waals surface area contributed by atoms with Crippen LogP contribution in [0.2, 0.25) is 0 Å². The summed E-state index contributed by atoms with van der Waals surface area (Å²) in [4.78, 5) is 40.1. The largest absolute Gasteiger partial charge is 0.362 e. The minimum Gasteiger partial charge on any atom is -0.362 e. The van der Waals surface area contributed by atoms with Crippen molar-refractivity contribution >= 4 is 50.5 Å². The van der Waals surface area contributed by atoms with E-state index in [0.29, 0.717) is 31.1 Å². The Morgan fingerprint density at radius 3 is 2.57 bits per heavy atom. The monoisotopic (exact) mass is 443 g/mol. The molecule has 0 radical (unpaired) electrons. The van der Waals surface area contributed by atoms with E-state index < -0.39 is 0 Å². The molecule has 158 valence electrons. The van der Waals surface area contributed by atoms with E-state index in [2.05, 4.69) is 39.7 Å². The van der Waals surface area contributed by atoms with Gasteiger partial charge in [0, 0.05) is 38.0 Å². The van der Waals surface area contributed by atoms with Gasteiger partial charge >= 0.3 is 0 Å². The van der Waals surface area contributed by atoms with Crippen LogP contribution in [-0.4, -0.2) is 57.8 Å². The molecular formula is C21H25N5O2S2. The van der Waals surface area contributed by atoms with Crippen molar-refractivity contribution < 1.29 is 9.59 Å². The van der Waals surface area contributed by atoms with Gasteiger partial charge in [0.1, 0.15) is 17.0 Å². The summed E-state index contributed by atoms with van der Waals surface area (Å²) in [6.45, 7) is 7.95. The van der Waals surface area contributed by atoms with E-state index in [-0.39, 0.29) is 17.9 Å². The average molecular weight is 444 g/mol. The Hall–Kier alpha value is -2.52. The maximum Gasteiger partial charge on any atom is 0.264 e. The molecule has 1 N–H and O–H groups in total. The topological polar surface area (TPSA) is 78.4 Å². The minimum absolute atomic E-state index is 0.00921. The summed E-state index contributed by atoms with van der Waals surface area (Å²) >= 11 is 3.14. The molecule has 3 aromatic rings. The first-order valence-corrected chi connectivity index (χ1v) is 11.8. The van der Waals surface area contributed by atoms with Gasteiger partial charge in [0.05, 0.1) is 16.3 Å². The Kier molecular flexibility index (Phi) is 6.01. The molecule has 0 aromatic carbocycles. The first-order chi connectivity index (χ1) is 14.5. The van der Waals surface area contributed by atoms with Crippen LogP contribution in [0.4, 0.5) is 5.82 Å². The van der Waals surface area contributed by atoms with Gasteiger partial charge in [-0.3, -0.25) is 9.59 Å². The molecule has 0 aliphatic carbocycles. The number of nitrogens with one attached hydrogen (secondary N) is 1. The fourth-order valence-corrected chi connectivity index (χ4v) is 5.76. The normalized spacial score (nSPS) is 15.4. The first-order valence-electron chi connectivity index (χ1n) is 10.1. The summed E-state index contributed by atoms with van der Waals surface area (Å²) in [5.74, 6) is 0.840. The lowest BCUT2D eigenvalue weighted by molar-refractivity contribution is -0.130. The Balaban J connectivity index is 1.61. The van der Waals surface area contributed by atoms with Crippen molar-refractivity contribution in [2.24, 2.45) is 0 Å². The van der Waals surface area contributed by atoms with E-state index in [0.717, 1.165) is 28.0 Å². The number of fused-ring (bicyclic) bond motifs is 1. The van der Waals surface area contributed by atoms with E-state index in [9.17, 15) is 9.59 Å². The van der Waals surface area contributed by atoms with E-state index in [1.165, 1.54) is 16.2 Å². The molecule has 1 aliphatic rings. The van der Waals surface area contributed by atoms with Crippen LogP contribution in [0, 0.1) is 6.92 Å². The van der Waals surface area contributed by atoms with E-state index in [1.54, 1.807) is 29.5 Å². The van der Waals surface area contributed by atoms with Crippen molar-refractivity contribution in [3.05, 3.63) is 39.2 Å². The molecule has 7 nitrogen and oxygen atoms in total. The average Bonchev–Trinajstić information content (AvgIpc) is 3.40. The molecule has 1 fully saturated rings. The number of carbonyl (C=O) groups excluding carboxylic acids is 2. The van der Waals surface area contributed by atoms with Crippen molar-refractivity contribution in [3.8, 4) is 0 Å². The highest BCUT2D eigenvalue weighted by Gasteiger charge is 2.27. The van der Waals surface area contributed by atoms with Gasteiger partial charge in [-0.15, -0.1) is 22.7 Å². The number of anilines is 1. The lowest BCUT2D eigenvalue weighted by Crippen LogP contribution is -2.50. The zero-order valence-electron chi connectivity index (χ0n) is 17.3. The zero-order valence-corrected chi connectivity index (χ0v) is 19.0. The van der Waals surface area contributed by atoms with Crippen molar-refractivity contribution in [3.63, 3.8) is 0 Å². The molecular weight excluding hydrogens is 418 g/mol. The Bertz CT molecular complexity index is 1050. The molecule has 3 aromatic heterocycles. The number of nitrogens with zero attached hydrogens (tertiary/aromatic N) is 4. The SMILES string of the molecule is CC[C@@H](Nc1ncnc2sc(C(=O)N3CCN(C(C)=O)CC3)c(C)c12)c1cccs1. The summed E-state index contributed by atoms with van der Waals surface area (Å²) < 4.78 is 0. The number of aromatic nitrogens is 2. The van der Waals surface area contributed by atoms with Gasteiger partial charge < -0.3 is 15.1 Å². The number of rotatable bonds is 5. The molecule has 30 heavy (non-hydrogen) atoms. The second-order valence-electron chi connectivity index (χ2n) is 7.38. The number of piperazine rings is 1. The zero-order chi connectivity index (χ0) is 21.3. The summed E-state index contributed by atoms with van der Waals surface area (Å²) in [7, 11) is 0. The molecule has 4 rings (SSSR count). The van der Waals surface area contributed by atoms with E-state index >= 15 is 0 Å². The van der Waals surface area contributed by atoms with Gasteiger partial charge in [-0.1, -0.05) is 13.0 Å². The van der Waals surface area contributed by atoms with Crippen LogP contribution < -0.4 is 5.32 Å². The molecule has 1 atom stereocenters. The Labute approximate surface area is 183 Å². The maximum atomic E-state index is 13.2. The Morgan fingerprint density at radius 2 is 1.93 bits per heavy atom. The number of hydrogen-bond acceptors (Lipinski definition) is 7. The number of amides is 2. The van der Waals surface area contributed by atoms with Crippen LogP contribution in [-0.2, 0) is 4.79 Å². The van der Waals surface area contributed by atoms with Crippen LogP contribution in [0.3, 0.4) is 0 Å². The lowest BCUT2D eigenvalue weighted by Gasteiger charge is -2.34. The van der Waals surface area contributed by atoms with Crippen molar-refractivity contribution in [2.45, 2.75) is 33.2 Å². The van der Waals surface area contributed by atoms with Gasteiger partial charge in [-0.05, 0) is 30.4 Å². The highest BCUT2D eigenvalue weighted by Crippen LogP contribution is 2.36. The highest BCUT2D eigenvalue weighted by atomic mass is 32.1. The minimum atomic E-state index is 0.00921. The second kappa shape index (κ2) is 8.69. The van der Waals surface area contributed by atoms with E-state index in [4.69, 9.17) is 0 Å². The molecule has 9 heteroatoms. The number of carbonyl (C=O) groups is 2. The van der Waals surface area contributed by atoms with Crippen LogP contribution in [0.1, 0.15) is 46.4 Å². The summed E-state index contributed by atoms with van der Waals surface area (Å²) in [5, 5.41) is 6.56. The molecule has 0 unspecified atom stereocenters. The van der Waals surface area contributed by atoms with Gasteiger partial charge in [0.2, 0.25) is 5.91 Å². The first kappa shape index (κ1) is 20.7. The van der Waals surface area contributed by atoms with Crippen molar-refractivity contribution in [1.82, 2.24) is 19.8 Å². The molecule has 0 spiro atoms. The number of thiophene rings is 2. The molecule has 4 heterocycles. The third-order valence-electron chi connectivity index (χ3n) is 5.54. The predicted molar refractivity (Wildman–Crippen MR) is 121 cm³/mol. The third-order valence-corrected chi connectivity index (χ3v) is 7.71. The van der Waals surface area contributed by atoms with Crippen molar-refractivity contribution in [2.75, 3.05) is 31.5 Å². The van der Waals surface area contributed by atoms with Crippen LogP contribution in [0.15, 0.2) is 23.8 Å². The molecule has 1 aliphatic heterocycles. The summed E-state index contributed by atoms with van der Waals surface area (Å²) in [6, 6.07) is 4.35. The van der Waals surface area contributed by atoms with Gasteiger partial charge in [-0.2, -0.15) is 0 Å². The van der Waals surface area contributed by atoms with E-state index in [1.807, 2.05) is 11.8 Å². The van der Waals surface area contributed by atoms with Crippen LogP contribution in [0.25, 0.3) is 10.2 Å². The maximum absolute atomic E-state index is 13.2. The Morgan fingerprint density at radius 1 is 1.20 bits per heavy atom. The predicted octanol–water partition coefficient (Wildman–Crippen LogP) is 3.93. The van der Waals surface area contributed by atoms with Gasteiger partial charge in [0.25, 0.3) is 5.91 Å². The lowest BCUT2D eigenvalue weighted by atomic mass is 10.1. The van der Waals surface area contributed by atoms with Gasteiger partial charge in [-0.25, -0.2) is 9.97 Å². The summed E-state index contributed by atoms with van der Waals surface area (Å²) in [6.07, 6.45) is 2.49. The molecule has 2 amide bonds. The quantitative estimate of drug-likeness (QED) is 0.646. The number of hydrogen-bond donors (Lipinski definition) is 1. The molecule has 0 saturated carbocycles. The second-order valence-corrected chi connectivity index (χ2v) is 9.36. The number of aryl methyl sites for hydroxylation is 1.